The number of hydrogen-bond donors (Lipinski definition) is 0. The third-order valence-electron chi connectivity index (χ3n) is 4.81. The SMILES string of the molecule is CCCCC(=Nc1cc(C)cc(C)c1)C(CCCC)=Nc1cc(C)cc(C)c1. The van der Waals surface area contributed by atoms with E-state index in [1.807, 2.05) is 0 Å². The van der Waals surface area contributed by atoms with Crippen LogP contribution in [0.4, 0.5) is 11.4 Å². The van der Waals surface area contributed by atoms with Crippen molar-refractivity contribution in [1.82, 2.24) is 0 Å². The number of benzene rings is 2. The zero-order chi connectivity index (χ0) is 20.5. The van der Waals surface area contributed by atoms with Crippen molar-refractivity contribution in [3.05, 3.63) is 58.7 Å². The number of aliphatic imine (C=N–C) groups is 2. The van der Waals surface area contributed by atoms with E-state index in [9.17, 15) is 0 Å². The molecule has 2 rings (SSSR count). The summed E-state index contributed by atoms with van der Waals surface area (Å²) >= 11 is 0. The van der Waals surface area contributed by atoms with Gasteiger partial charge in [0.05, 0.1) is 22.8 Å². The van der Waals surface area contributed by atoms with Gasteiger partial charge in [0, 0.05) is 0 Å². The Balaban J connectivity index is 2.51. The van der Waals surface area contributed by atoms with Crippen LogP contribution < -0.4 is 0 Å². The molecule has 0 saturated carbocycles. The molecule has 0 aliphatic heterocycles. The van der Waals surface area contributed by atoms with E-state index in [0.717, 1.165) is 61.3 Å². The van der Waals surface area contributed by atoms with E-state index in [1.54, 1.807) is 0 Å². The number of unbranched alkanes of at least 4 members (excludes halogenated alkanes) is 2. The van der Waals surface area contributed by atoms with Crippen molar-refractivity contribution in [2.24, 2.45) is 9.98 Å². The quantitative estimate of drug-likeness (QED) is 0.394. The molecule has 0 aliphatic rings. The van der Waals surface area contributed by atoms with Crippen molar-refractivity contribution in [1.29, 1.82) is 0 Å². The van der Waals surface area contributed by atoms with Gasteiger partial charge in [0.15, 0.2) is 0 Å². The Hall–Kier alpha value is -2.22. The molecule has 0 unspecified atom stereocenters. The average Bonchev–Trinajstić information content (AvgIpc) is 2.60. The Morgan fingerprint density at radius 3 is 1.18 bits per heavy atom. The van der Waals surface area contributed by atoms with Gasteiger partial charge in [-0.1, -0.05) is 38.8 Å². The van der Waals surface area contributed by atoms with Crippen molar-refractivity contribution in [3.8, 4) is 0 Å². The van der Waals surface area contributed by atoms with Crippen molar-refractivity contribution in [3.63, 3.8) is 0 Å². The number of aryl methyl sites for hydroxylation is 4. The first-order valence-electron chi connectivity index (χ1n) is 10.7. The summed E-state index contributed by atoms with van der Waals surface area (Å²) in [6.45, 7) is 13.0. The topological polar surface area (TPSA) is 24.7 Å². The second-order valence-electron chi connectivity index (χ2n) is 8.02. The summed E-state index contributed by atoms with van der Waals surface area (Å²) in [5.41, 5.74) is 9.44. The van der Waals surface area contributed by atoms with E-state index in [-0.39, 0.29) is 0 Å². The molecule has 0 heterocycles. The first-order valence-corrected chi connectivity index (χ1v) is 10.7. The summed E-state index contributed by atoms with van der Waals surface area (Å²) in [4.78, 5) is 10.2. The lowest BCUT2D eigenvalue weighted by Crippen LogP contribution is -2.14. The molecule has 0 N–H and O–H groups in total. The largest absolute Gasteiger partial charge is 0.252 e. The third-order valence-corrected chi connectivity index (χ3v) is 4.81. The van der Waals surface area contributed by atoms with Crippen LogP contribution in [0.1, 0.15) is 74.6 Å². The molecule has 0 radical (unpaired) electrons. The second-order valence-corrected chi connectivity index (χ2v) is 8.02. The minimum absolute atomic E-state index is 0.983. The van der Waals surface area contributed by atoms with Crippen LogP contribution >= 0.6 is 0 Å². The minimum atomic E-state index is 0.983. The lowest BCUT2D eigenvalue weighted by molar-refractivity contribution is 0.824. The zero-order valence-corrected chi connectivity index (χ0v) is 18.6. The number of nitrogens with zero attached hydrogens (tertiary/aromatic N) is 2. The Bertz CT molecular complexity index is 732. The summed E-state index contributed by atoms with van der Waals surface area (Å²) in [6.07, 6.45) is 6.57. The molecule has 150 valence electrons. The molecule has 28 heavy (non-hydrogen) atoms. The Labute approximate surface area is 171 Å². The van der Waals surface area contributed by atoms with Gasteiger partial charge in [-0.05, 0) is 99.9 Å². The molecular formula is C26H36N2. The molecule has 0 atom stereocenters. The average molecular weight is 377 g/mol. The first kappa shape index (κ1) is 22.1. The Kier molecular flexibility index (Phi) is 8.63. The van der Waals surface area contributed by atoms with Crippen LogP contribution in [0.25, 0.3) is 0 Å². The summed E-state index contributed by atoms with van der Waals surface area (Å²) in [7, 11) is 0. The fourth-order valence-corrected chi connectivity index (χ4v) is 3.56. The van der Waals surface area contributed by atoms with E-state index in [0.29, 0.717) is 0 Å². The van der Waals surface area contributed by atoms with Crippen LogP contribution in [-0.2, 0) is 0 Å². The van der Waals surface area contributed by atoms with Gasteiger partial charge in [-0.2, -0.15) is 0 Å². The van der Waals surface area contributed by atoms with Gasteiger partial charge in [-0.3, -0.25) is 9.98 Å². The lowest BCUT2D eigenvalue weighted by Gasteiger charge is -2.12. The Morgan fingerprint density at radius 1 is 0.571 bits per heavy atom. The maximum absolute atomic E-state index is 5.10. The van der Waals surface area contributed by atoms with E-state index in [2.05, 4.69) is 77.9 Å². The van der Waals surface area contributed by atoms with E-state index in [1.165, 1.54) is 22.3 Å². The molecular weight excluding hydrogens is 340 g/mol. The summed E-state index contributed by atoms with van der Waals surface area (Å²) in [5.74, 6) is 0. The predicted octanol–water partition coefficient (Wildman–Crippen LogP) is 8.15. The molecule has 2 aromatic carbocycles. The van der Waals surface area contributed by atoms with Gasteiger partial charge < -0.3 is 0 Å². The smallest absolute Gasteiger partial charge is 0.0639 e. The highest BCUT2D eigenvalue weighted by atomic mass is 14.8. The molecule has 0 saturated heterocycles. The maximum atomic E-state index is 5.10. The van der Waals surface area contributed by atoms with Crippen molar-refractivity contribution >= 4 is 22.8 Å². The van der Waals surface area contributed by atoms with E-state index in [4.69, 9.17) is 9.98 Å². The monoisotopic (exact) mass is 376 g/mol. The van der Waals surface area contributed by atoms with Crippen LogP contribution in [-0.4, -0.2) is 11.4 Å². The summed E-state index contributed by atoms with van der Waals surface area (Å²) in [5, 5.41) is 0. The second kappa shape index (κ2) is 10.9. The fraction of sp³-hybridized carbons (Fsp3) is 0.462. The highest BCUT2D eigenvalue weighted by Crippen LogP contribution is 2.22. The number of hydrogen-bond acceptors (Lipinski definition) is 2. The van der Waals surface area contributed by atoms with E-state index >= 15 is 0 Å². The standard InChI is InChI=1S/C26H36N2/c1-7-9-11-25(27-23-15-19(3)13-20(4)16-23)26(12-10-8-2)28-24-17-21(5)14-22(6)18-24/h13-18H,7-12H2,1-6H3. The summed E-state index contributed by atoms with van der Waals surface area (Å²) in [6, 6.07) is 13.1. The Morgan fingerprint density at radius 2 is 0.893 bits per heavy atom. The predicted molar refractivity (Wildman–Crippen MR) is 125 cm³/mol. The molecule has 0 aliphatic carbocycles. The molecule has 0 aromatic heterocycles. The van der Waals surface area contributed by atoms with Gasteiger partial charge in [0.25, 0.3) is 0 Å². The van der Waals surface area contributed by atoms with Gasteiger partial charge in [0.1, 0.15) is 0 Å². The van der Waals surface area contributed by atoms with Crippen LogP contribution in [0.3, 0.4) is 0 Å². The molecule has 0 fully saturated rings. The van der Waals surface area contributed by atoms with Crippen LogP contribution in [0.2, 0.25) is 0 Å². The van der Waals surface area contributed by atoms with Gasteiger partial charge in [0.2, 0.25) is 0 Å². The van der Waals surface area contributed by atoms with Gasteiger partial charge >= 0.3 is 0 Å². The molecule has 0 bridgehead atoms. The van der Waals surface area contributed by atoms with Crippen molar-refractivity contribution < 1.29 is 0 Å². The highest BCUT2D eigenvalue weighted by Gasteiger charge is 2.11. The van der Waals surface area contributed by atoms with Crippen LogP contribution in [0, 0.1) is 27.7 Å². The number of rotatable bonds is 9. The highest BCUT2D eigenvalue weighted by molar-refractivity contribution is 6.43. The first-order chi connectivity index (χ1) is 13.4. The third kappa shape index (κ3) is 7.07. The normalized spacial score (nSPS) is 12.5. The molecule has 0 amide bonds. The zero-order valence-electron chi connectivity index (χ0n) is 18.6. The molecule has 0 spiro atoms. The van der Waals surface area contributed by atoms with E-state index < -0.39 is 0 Å². The fourth-order valence-electron chi connectivity index (χ4n) is 3.56. The van der Waals surface area contributed by atoms with Crippen molar-refractivity contribution in [2.45, 2.75) is 80.1 Å². The molecule has 2 nitrogen and oxygen atoms in total. The van der Waals surface area contributed by atoms with Gasteiger partial charge in [-0.15, -0.1) is 0 Å². The minimum Gasteiger partial charge on any atom is -0.252 e. The molecule has 2 heteroatoms. The lowest BCUT2D eigenvalue weighted by atomic mass is 10.0. The van der Waals surface area contributed by atoms with Crippen LogP contribution in [0.15, 0.2) is 46.4 Å². The van der Waals surface area contributed by atoms with Crippen molar-refractivity contribution in [2.75, 3.05) is 0 Å². The van der Waals surface area contributed by atoms with Crippen LogP contribution in [0.5, 0.6) is 0 Å². The molecule has 2 aromatic rings. The maximum Gasteiger partial charge on any atom is 0.0639 e. The van der Waals surface area contributed by atoms with Gasteiger partial charge in [-0.25, -0.2) is 0 Å². The summed E-state index contributed by atoms with van der Waals surface area (Å²) < 4.78 is 0.